The molecule has 3 rings (SSSR count). The molecule has 2 nitrogen and oxygen atoms in total. The van der Waals surface area contributed by atoms with E-state index in [1.54, 1.807) is 22.7 Å². The van der Waals surface area contributed by atoms with Gasteiger partial charge in [0.15, 0.2) is 0 Å². The maximum atomic E-state index is 4.59. The molecule has 2 heterocycles. The van der Waals surface area contributed by atoms with Crippen LogP contribution in [-0.4, -0.2) is 9.97 Å². The first-order chi connectivity index (χ1) is 7.33. The predicted molar refractivity (Wildman–Crippen MR) is 65.5 cm³/mol. The van der Waals surface area contributed by atoms with Crippen LogP contribution in [0.25, 0.3) is 20.1 Å². The molecule has 0 fully saturated rings. The number of benzene rings is 1. The van der Waals surface area contributed by atoms with E-state index in [0.29, 0.717) is 0 Å². The fourth-order valence-electron chi connectivity index (χ4n) is 1.44. The maximum absolute atomic E-state index is 4.59. The minimum Gasteiger partial charge on any atom is -0.249 e. The molecule has 0 unspecified atom stereocenters. The first-order valence-corrected chi connectivity index (χ1v) is 6.24. The molecule has 15 heavy (non-hydrogen) atoms. The Balaban J connectivity index is 2.19. The number of rotatable bonds is 1. The average Bonchev–Trinajstić information content (AvgIpc) is 2.82. The number of fused-ring (bicyclic) bond motifs is 1. The van der Waals surface area contributed by atoms with Crippen molar-refractivity contribution >= 4 is 32.9 Å². The molecule has 0 aliphatic rings. The van der Waals surface area contributed by atoms with Crippen LogP contribution in [0.15, 0.2) is 30.5 Å². The van der Waals surface area contributed by atoms with Crippen LogP contribution in [-0.2, 0) is 0 Å². The van der Waals surface area contributed by atoms with E-state index in [0.717, 1.165) is 20.4 Å². The van der Waals surface area contributed by atoms with E-state index in [1.807, 2.05) is 31.3 Å². The van der Waals surface area contributed by atoms with Crippen LogP contribution in [0.2, 0.25) is 0 Å². The molecule has 74 valence electrons. The van der Waals surface area contributed by atoms with Crippen LogP contribution in [0.4, 0.5) is 0 Å². The Bertz CT molecular complexity index is 577. The lowest BCUT2D eigenvalue weighted by atomic mass is 10.3. The number of hydrogen-bond acceptors (Lipinski definition) is 4. The number of para-hydroxylation sites is 1. The third-order valence-electron chi connectivity index (χ3n) is 2.13. The Morgan fingerprint density at radius 1 is 1.13 bits per heavy atom. The van der Waals surface area contributed by atoms with Crippen LogP contribution in [0.5, 0.6) is 0 Å². The van der Waals surface area contributed by atoms with Crippen LogP contribution in [0, 0.1) is 6.92 Å². The van der Waals surface area contributed by atoms with Gasteiger partial charge >= 0.3 is 0 Å². The topological polar surface area (TPSA) is 25.8 Å². The van der Waals surface area contributed by atoms with Crippen molar-refractivity contribution in [2.45, 2.75) is 6.92 Å². The summed E-state index contributed by atoms with van der Waals surface area (Å²) in [6.45, 7) is 2.02. The summed E-state index contributed by atoms with van der Waals surface area (Å²) in [4.78, 5) is 9.99. The van der Waals surface area contributed by atoms with Crippen LogP contribution < -0.4 is 0 Å². The number of hydrogen-bond donors (Lipinski definition) is 0. The first-order valence-electron chi connectivity index (χ1n) is 4.61. The Kier molecular flexibility index (Phi) is 2.04. The summed E-state index contributed by atoms with van der Waals surface area (Å²) in [5.41, 5.74) is 1.07. The molecule has 3 aromatic rings. The zero-order valence-corrected chi connectivity index (χ0v) is 9.73. The zero-order chi connectivity index (χ0) is 10.3. The van der Waals surface area contributed by atoms with Gasteiger partial charge in [0.05, 0.1) is 20.1 Å². The summed E-state index contributed by atoms with van der Waals surface area (Å²) in [5, 5.41) is 2.16. The van der Waals surface area contributed by atoms with Crippen molar-refractivity contribution in [1.29, 1.82) is 0 Å². The third kappa shape index (κ3) is 1.56. The first kappa shape index (κ1) is 9.00. The molecule has 2 aromatic heterocycles. The van der Waals surface area contributed by atoms with Crippen molar-refractivity contribution in [2.75, 3.05) is 0 Å². The second-order valence-electron chi connectivity index (χ2n) is 3.23. The summed E-state index contributed by atoms with van der Waals surface area (Å²) >= 11 is 3.42. The van der Waals surface area contributed by atoms with E-state index < -0.39 is 0 Å². The van der Waals surface area contributed by atoms with Crippen LogP contribution in [0.3, 0.4) is 0 Å². The highest BCUT2D eigenvalue weighted by Gasteiger charge is 2.07. The van der Waals surface area contributed by atoms with E-state index in [1.165, 1.54) is 4.70 Å². The zero-order valence-electron chi connectivity index (χ0n) is 8.10. The van der Waals surface area contributed by atoms with Gasteiger partial charge < -0.3 is 0 Å². The summed E-state index contributed by atoms with van der Waals surface area (Å²) in [5.74, 6) is 0. The summed E-state index contributed by atoms with van der Waals surface area (Å²) < 4.78 is 1.23. The molecule has 1 aromatic carbocycles. The second kappa shape index (κ2) is 3.40. The Morgan fingerprint density at radius 3 is 2.73 bits per heavy atom. The number of aryl methyl sites for hydroxylation is 1. The fraction of sp³-hybridized carbons (Fsp3) is 0.0909. The molecule has 0 spiro atoms. The quantitative estimate of drug-likeness (QED) is 0.639. The van der Waals surface area contributed by atoms with Gasteiger partial charge in [-0.1, -0.05) is 12.1 Å². The van der Waals surface area contributed by atoms with E-state index in [4.69, 9.17) is 0 Å². The molecule has 0 amide bonds. The Morgan fingerprint density at radius 2 is 2.00 bits per heavy atom. The van der Waals surface area contributed by atoms with Gasteiger partial charge in [-0.15, -0.1) is 22.7 Å². The Labute approximate surface area is 95.3 Å². The van der Waals surface area contributed by atoms with Gasteiger partial charge in [-0.25, -0.2) is 9.97 Å². The minimum atomic E-state index is 1.07. The van der Waals surface area contributed by atoms with Gasteiger partial charge in [0.1, 0.15) is 5.01 Å². The Hall–Kier alpha value is -1.26. The van der Waals surface area contributed by atoms with Gasteiger partial charge in [0.25, 0.3) is 0 Å². The van der Waals surface area contributed by atoms with E-state index in [2.05, 4.69) is 16.0 Å². The van der Waals surface area contributed by atoms with Gasteiger partial charge in [-0.3, -0.25) is 0 Å². The van der Waals surface area contributed by atoms with E-state index >= 15 is 0 Å². The maximum Gasteiger partial charge on any atom is 0.136 e. The van der Waals surface area contributed by atoms with Gasteiger partial charge in [0.2, 0.25) is 0 Å². The molecule has 0 atom stereocenters. The second-order valence-corrected chi connectivity index (χ2v) is 5.50. The van der Waals surface area contributed by atoms with Crippen molar-refractivity contribution in [3.05, 3.63) is 35.5 Å². The van der Waals surface area contributed by atoms with E-state index in [-0.39, 0.29) is 0 Å². The standard InChI is InChI=1S/C11H8N2S2/c1-7-12-6-10(14-7)11-13-8-4-2-3-5-9(8)15-11/h2-6H,1H3. The lowest BCUT2D eigenvalue weighted by Gasteiger charge is -1.83. The summed E-state index contributed by atoms with van der Waals surface area (Å²) in [7, 11) is 0. The SMILES string of the molecule is Cc1ncc(-c2nc3ccccc3s2)s1. The van der Waals surface area contributed by atoms with Gasteiger partial charge in [-0.2, -0.15) is 0 Å². The number of aromatic nitrogens is 2. The molecule has 0 N–H and O–H groups in total. The van der Waals surface area contributed by atoms with Crippen LogP contribution in [0.1, 0.15) is 5.01 Å². The van der Waals surface area contributed by atoms with Crippen LogP contribution >= 0.6 is 22.7 Å². The summed E-state index contributed by atoms with van der Waals surface area (Å²) in [6.07, 6.45) is 1.90. The predicted octanol–water partition coefficient (Wildman–Crippen LogP) is 3.73. The van der Waals surface area contributed by atoms with Crippen molar-refractivity contribution in [2.24, 2.45) is 0 Å². The molecule has 0 radical (unpaired) electrons. The molecule has 0 saturated heterocycles. The number of thiazole rings is 2. The lowest BCUT2D eigenvalue weighted by Crippen LogP contribution is -1.68. The molecule has 0 saturated carbocycles. The third-order valence-corrected chi connectivity index (χ3v) is 4.24. The smallest absolute Gasteiger partial charge is 0.136 e. The highest BCUT2D eigenvalue weighted by molar-refractivity contribution is 7.25. The largest absolute Gasteiger partial charge is 0.249 e. The highest BCUT2D eigenvalue weighted by Crippen LogP contribution is 2.32. The lowest BCUT2D eigenvalue weighted by molar-refractivity contribution is 1.30. The molecule has 0 aliphatic heterocycles. The molecular weight excluding hydrogens is 224 g/mol. The minimum absolute atomic E-state index is 1.07. The van der Waals surface area contributed by atoms with Gasteiger partial charge in [0, 0.05) is 6.20 Å². The van der Waals surface area contributed by atoms with Crippen molar-refractivity contribution in [3.8, 4) is 9.88 Å². The van der Waals surface area contributed by atoms with Gasteiger partial charge in [-0.05, 0) is 19.1 Å². The van der Waals surface area contributed by atoms with Crippen molar-refractivity contribution in [3.63, 3.8) is 0 Å². The molecular formula is C11H8N2S2. The highest BCUT2D eigenvalue weighted by atomic mass is 32.1. The molecule has 0 aliphatic carbocycles. The monoisotopic (exact) mass is 232 g/mol. The van der Waals surface area contributed by atoms with Crippen molar-refractivity contribution < 1.29 is 0 Å². The van der Waals surface area contributed by atoms with E-state index in [9.17, 15) is 0 Å². The molecule has 0 bridgehead atoms. The normalized spacial score (nSPS) is 11.0. The average molecular weight is 232 g/mol. The van der Waals surface area contributed by atoms with Crippen molar-refractivity contribution in [1.82, 2.24) is 9.97 Å². The molecule has 4 heteroatoms. The number of nitrogens with zero attached hydrogens (tertiary/aromatic N) is 2. The fourth-order valence-corrected chi connectivity index (χ4v) is 3.22. The summed E-state index contributed by atoms with van der Waals surface area (Å²) in [6, 6.07) is 8.21.